The first-order valence-corrected chi connectivity index (χ1v) is 32.9. The smallest absolute Gasteiger partial charge is 0.210 e. The Hall–Kier alpha value is -17.5. The van der Waals surface area contributed by atoms with Crippen LogP contribution in [0.15, 0.2) is 121 Å². The number of rotatable bonds is 9. The Morgan fingerprint density at radius 3 is 1.04 bits per heavy atom. The predicted octanol–water partition coefficient (Wildman–Crippen LogP) is 9.41. The average molecular weight is 1370 g/mol. The van der Waals surface area contributed by atoms with E-state index in [0.717, 1.165) is 11.4 Å². The highest BCUT2D eigenvalue weighted by atomic mass is 32.2. The SMILES string of the molecule is C#CC#CC#CC#CC#CC#CC#CC#CC#CC#CC#CC#CC#CC#CC#CC#CC#CC#CC#CC#CC#CC#CC#CC#CC#CC#CC#CC#CC#CC#CC.C[N+]1=C(C=CC=CC=CC=C2N(CCCCS(=O)(=O)[O-])c3ccc4ccccc4c3C2(C)C)C(C)(C)c2c1ccc1ccccc21. The van der Waals surface area contributed by atoms with E-state index in [1.54, 1.807) is 6.92 Å². The molecule has 6 heteroatoms. The van der Waals surface area contributed by atoms with Gasteiger partial charge in [-0.3, -0.25) is 0 Å². The lowest BCUT2D eigenvalue weighted by molar-refractivity contribution is -0.401. The first-order chi connectivity index (χ1) is 52.3. The lowest BCUT2D eigenvalue weighted by atomic mass is 9.79. The largest absolute Gasteiger partial charge is 0.748 e. The van der Waals surface area contributed by atoms with Gasteiger partial charge in [-0.15, -0.1) is 6.42 Å². The van der Waals surface area contributed by atoms with E-state index in [1.807, 2.05) is 12.2 Å². The monoisotopic (exact) mass is 1370 g/mol. The fourth-order valence-corrected chi connectivity index (χ4v) is 9.88. The van der Waals surface area contributed by atoms with Crippen LogP contribution in [-0.4, -0.2) is 42.6 Å². The van der Waals surface area contributed by atoms with Crippen LogP contribution in [0.1, 0.15) is 58.6 Å². The van der Waals surface area contributed by atoms with Gasteiger partial charge >= 0.3 is 0 Å². The topological polar surface area (TPSA) is 63.5 Å². The second-order valence-electron chi connectivity index (χ2n) is 20.9. The highest BCUT2D eigenvalue weighted by molar-refractivity contribution is 7.85. The van der Waals surface area contributed by atoms with Gasteiger partial charge in [0.2, 0.25) is 5.69 Å². The first-order valence-electron chi connectivity index (χ1n) is 31.3. The van der Waals surface area contributed by atoms with Crippen molar-refractivity contribution in [1.29, 1.82) is 0 Å². The Bertz CT molecular complexity index is 6770. The Morgan fingerprint density at radius 2 is 0.692 bits per heavy atom. The quantitative estimate of drug-likeness (QED) is 0.0552. The van der Waals surface area contributed by atoms with Crippen molar-refractivity contribution >= 4 is 48.7 Å². The van der Waals surface area contributed by atoms with E-state index in [4.69, 9.17) is 6.42 Å². The van der Waals surface area contributed by atoms with Crippen LogP contribution in [-0.2, 0) is 20.9 Å². The highest BCUT2D eigenvalue weighted by Crippen LogP contribution is 2.51. The van der Waals surface area contributed by atoms with Crippen LogP contribution in [0.4, 0.5) is 11.4 Å². The number of terminal acetylenes is 1. The molecule has 6 rings (SSSR count). The number of nitrogens with zero attached hydrogens (tertiary/aromatic N) is 2. The molecule has 484 valence electrons. The summed E-state index contributed by atoms with van der Waals surface area (Å²) in [4.78, 5) is 2.29. The maximum atomic E-state index is 11.2. The van der Waals surface area contributed by atoms with Crippen molar-refractivity contribution in [2.24, 2.45) is 0 Å². The third kappa shape index (κ3) is 30.9. The van der Waals surface area contributed by atoms with Gasteiger partial charge in [0.25, 0.3) is 0 Å². The summed E-state index contributed by atoms with van der Waals surface area (Å²) in [7, 11) is -2.07. The van der Waals surface area contributed by atoms with Crippen molar-refractivity contribution in [1.82, 2.24) is 0 Å². The van der Waals surface area contributed by atoms with Crippen molar-refractivity contribution < 1.29 is 17.5 Å². The molecular formula is C101H46N2O3S. The van der Waals surface area contributed by atoms with Crippen LogP contribution in [0.5, 0.6) is 0 Å². The van der Waals surface area contributed by atoms with E-state index in [-0.39, 0.29) is 16.6 Å². The maximum Gasteiger partial charge on any atom is 0.210 e. The fourth-order valence-electron chi connectivity index (χ4n) is 9.32. The zero-order chi connectivity index (χ0) is 76.4. The van der Waals surface area contributed by atoms with Crippen LogP contribution in [0.3, 0.4) is 0 Å². The van der Waals surface area contributed by atoms with Crippen molar-refractivity contribution in [3.05, 3.63) is 132 Å². The minimum atomic E-state index is -4.22. The van der Waals surface area contributed by atoms with Crippen molar-refractivity contribution in [2.45, 2.75) is 58.3 Å². The Morgan fingerprint density at radius 1 is 0.383 bits per heavy atom. The minimum Gasteiger partial charge on any atom is -0.748 e. The Kier molecular flexibility index (Phi) is 36.2. The molecule has 0 aromatic heterocycles. The van der Waals surface area contributed by atoms with Gasteiger partial charge < -0.3 is 9.45 Å². The van der Waals surface area contributed by atoms with Crippen LogP contribution >= 0.6 is 0 Å². The van der Waals surface area contributed by atoms with Crippen molar-refractivity contribution in [3.63, 3.8) is 0 Å². The van der Waals surface area contributed by atoms with E-state index < -0.39 is 10.1 Å². The van der Waals surface area contributed by atoms with E-state index in [0.29, 0.717) is 19.4 Å². The Balaban J connectivity index is 0.000000396. The normalized spacial score (nSPS) is 10.1. The summed E-state index contributed by atoms with van der Waals surface area (Å²) in [5.74, 6) is 147. The van der Waals surface area contributed by atoms with E-state index >= 15 is 0 Å². The fraction of sp³-hybridized carbons (Fsp3) is 0.119. The second kappa shape index (κ2) is 48.3. The summed E-state index contributed by atoms with van der Waals surface area (Å²) in [6.45, 7) is 11.4. The summed E-state index contributed by atoms with van der Waals surface area (Å²) in [6.07, 6.45) is 20.6. The molecule has 0 unspecified atom stereocenters. The molecule has 4 aromatic rings. The van der Waals surface area contributed by atoms with Gasteiger partial charge in [0, 0.05) is 295 Å². The van der Waals surface area contributed by atoms with Gasteiger partial charge in [0.15, 0.2) is 5.71 Å². The zero-order valence-corrected chi connectivity index (χ0v) is 59.2. The molecule has 0 saturated carbocycles. The molecule has 0 atom stereocenters. The molecule has 0 spiro atoms. The molecule has 0 aliphatic carbocycles. The lowest BCUT2D eigenvalue weighted by Gasteiger charge is -2.27. The molecule has 2 heterocycles. The lowest BCUT2D eigenvalue weighted by Crippen LogP contribution is -2.27. The van der Waals surface area contributed by atoms with Crippen LogP contribution in [0.2, 0.25) is 0 Å². The molecule has 4 aromatic carbocycles. The third-order valence-electron chi connectivity index (χ3n) is 13.3. The number of anilines is 1. The standard InChI is InChI=1S/C61H4.C40H42N2O3S/c1-3-5-7-9-11-13-15-17-19-21-23-25-27-29-31-33-35-37-39-41-43-45-47-49-51-53-55-57-59-61-60-58-56-54-52-50-48-46-44-42-40-38-36-34-32-30-28-26-24-22-20-18-16-14-12-10-8-6-4-2;1-39(2)35(41(5)33-25-23-29-17-11-13-19-31(29)37(33)39)21-9-7-6-8-10-22-36-40(3,4)38-32-20-14-12-18-30(32)24-26-34(38)42(36)27-15-16-28-46(43,44)45/h1H,2H3;6-14,17-26H,15-16,27-28H2,1-5H3. The highest BCUT2D eigenvalue weighted by Gasteiger charge is 2.44. The number of fused-ring (bicyclic) bond motifs is 6. The number of benzene rings is 4. The summed E-state index contributed by atoms with van der Waals surface area (Å²) in [5.41, 5.74) is 7.07. The average Bonchev–Trinajstić information content (AvgIpc) is 1.59. The summed E-state index contributed by atoms with van der Waals surface area (Å²) >= 11 is 0. The van der Waals surface area contributed by atoms with Gasteiger partial charge in [-0.1, -0.05) is 105 Å². The van der Waals surface area contributed by atoms with Crippen molar-refractivity contribution in [2.75, 3.05) is 24.2 Å². The van der Waals surface area contributed by atoms with Gasteiger partial charge in [0.1, 0.15) is 7.05 Å². The first kappa shape index (κ1) is 80.2. The molecule has 2 aliphatic heterocycles. The summed E-state index contributed by atoms with van der Waals surface area (Å²) in [5, 5.41) is 4.99. The molecule has 0 N–H and O–H groups in total. The van der Waals surface area contributed by atoms with Crippen LogP contribution < -0.4 is 4.90 Å². The predicted molar refractivity (Wildman–Crippen MR) is 431 cm³/mol. The number of hydrogen-bond acceptors (Lipinski definition) is 4. The molecule has 0 bridgehead atoms. The Labute approximate surface area is 632 Å². The molecular weight excluding hydrogens is 1320 g/mol. The summed E-state index contributed by atoms with van der Waals surface area (Å²) in [6, 6.07) is 25.8. The van der Waals surface area contributed by atoms with E-state index in [9.17, 15) is 13.0 Å². The third-order valence-corrected chi connectivity index (χ3v) is 14.1. The second-order valence-corrected chi connectivity index (χ2v) is 22.4. The number of hydrogen-bond donors (Lipinski definition) is 0. The molecule has 0 fully saturated rings. The molecule has 0 saturated heterocycles. The van der Waals surface area contributed by atoms with Gasteiger partial charge in [0.05, 0.1) is 15.5 Å². The molecule has 107 heavy (non-hydrogen) atoms. The molecule has 2 aliphatic rings. The summed E-state index contributed by atoms with van der Waals surface area (Å²) < 4.78 is 35.9. The molecule has 0 radical (unpaired) electrons. The van der Waals surface area contributed by atoms with E-state index in [1.165, 1.54) is 44.1 Å². The maximum absolute atomic E-state index is 11.2. The molecule has 0 amide bonds. The van der Waals surface area contributed by atoms with Crippen LogP contribution in [0.25, 0.3) is 21.5 Å². The number of allylic oxidation sites excluding steroid dienone is 8. The van der Waals surface area contributed by atoms with Gasteiger partial charge in [-0.05, 0) is 174 Å². The van der Waals surface area contributed by atoms with Gasteiger partial charge in [-0.25, -0.2) is 8.42 Å². The van der Waals surface area contributed by atoms with Crippen LogP contribution in [0, 0.1) is 356 Å². The molecule has 5 nitrogen and oxygen atoms in total. The van der Waals surface area contributed by atoms with Crippen molar-refractivity contribution in [3.8, 4) is 356 Å². The minimum absolute atomic E-state index is 0.121. The zero-order valence-electron chi connectivity index (χ0n) is 58.4. The number of unbranched alkanes of at least 4 members (excludes halogenated alkanes) is 1. The van der Waals surface area contributed by atoms with E-state index in [2.05, 4.69) is 497 Å². The van der Waals surface area contributed by atoms with Gasteiger partial charge in [-0.2, -0.15) is 4.58 Å².